The summed E-state index contributed by atoms with van der Waals surface area (Å²) in [6, 6.07) is 5.37. The van der Waals surface area contributed by atoms with Gasteiger partial charge in [0.1, 0.15) is 5.75 Å². The van der Waals surface area contributed by atoms with Crippen LogP contribution in [0.4, 0.5) is 18.9 Å². The quantitative estimate of drug-likeness (QED) is 0.592. The van der Waals surface area contributed by atoms with Gasteiger partial charge in [0.05, 0.1) is 28.8 Å². The minimum atomic E-state index is -4.32. The summed E-state index contributed by atoms with van der Waals surface area (Å²) in [6.45, 7) is 3.77. The Morgan fingerprint density at radius 3 is 2.57 bits per heavy atom. The lowest BCUT2D eigenvalue weighted by Crippen LogP contribution is -2.08. The van der Waals surface area contributed by atoms with Gasteiger partial charge in [-0.2, -0.15) is 13.2 Å². The zero-order chi connectivity index (χ0) is 21.1. The zero-order valence-electron chi connectivity index (χ0n) is 15.4. The third-order valence-electron chi connectivity index (χ3n) is 3.88. The van der Waals surface area contributed by atoms with Gasteiger partial charge in [-0.15, -0.1) is 0 Å². The zero-order valence-corrected chi connectivity index (χ0v) is 16.9. The summed E-state index contributed by atoms with van der Waals surface area (Å²) < 4.78 is 43.0. The molecule has 3 rings (SSSR count). The van der Waals surface area contributed by atoms with E-state index in [1.54, 1.807) is 13.0 Å². The molecule has 0 aliphatic carbocycles. The van der Waals surface area contributed by atoms with E-state index in [0.717, 1.165) is 11.8 Å². The number of halogens is 4. The number of fused-ring (bicyclic) bond motifs is 1. The van der Waals surface area contributed by atoms with Gasteiger partial charge >= 0.3 is 6.18 Å². The van der Waals surface area contributed by atoms with Crippen LogP contribution in [0.25, 0.3) is 0 Å². The van der Waals surface area contributed by atoms with Crippen molar-refractivity contribution in [1.29, 1.82) is 0 Å². The van der Waals surface area contributed by atoms with Crippen LogP contribution in [-0.4, -0.2) is 23.9 Å². The molecule has 2 aromatic rings. The van der Waals surface area contributed by atoms with E-state index in [1.165, 1.54) is 31.0 Å². The largest absolute Gasteiger partial charge is 0.507 e. The van der Waals surface area contributed by atoms with Crippen molar-refractivity contribution in [1.82, 2.24) is 0 Å². The van der Waals surface area contributed by atoms with Crippen LogP contribution in [0.5, 0.6) is 5.75 Å². The Morgan fingerprint density at radius 2 is 2.00 bits per heavy atom. The van der Waals surface area contributed by atoms with Gasteiger partial charge in [-0.25, -0.2) is 0 Å². The lowest BCUT2D eigenvalue weighted by Gasteiger charge is -2.13. The number of aromatic hydroxyl groups is 1. The Morgan fingerprint density at radius 1 is 1.32 bits per heavy atom. The van der Waals surface area contributed by atoms with Gasteiger partial charge in [0, 0.05) is 22.6 Å². The molecule has 2 aromatic carbocycles. The van der Waals surface area contributed by atoms with Gasteiger partial charge in [-0.3, -0.25) is 4.79 Å². The van der Waals surface area contributed by atoms with E-state index in [4.69, 9.17) is 16.3 Å². The summed E-state index contributed by atoms with van der Waals surface area (Å²) in [5.74, 6) is 0.00407. The van der Waals surface area contributed by atoms with E-state index in [1.807, 2.05) is 6.92 Å². The van der Waals surface area contributed by atoms with E-state index in [9.17, 15) is 23.1 Å². The third-order valence-corrected chi connectivity index (χ3v) is 5.15. The van der Waals surface area contributed by atoms with E-state index < -0.39 is 11.7 Å². The number of anilines is 1. The highest BCUT2D eigenvalue weighted by atomic mass is 35.5. The number of ether oxygens (including phenoxy) is 1. The fourth-order valence-corrected chi connectivity index (χ4v) is 3.98. The number of hydrogen-bond donors (Lipinski definition) is 2. The normalized spacial score (nSPS) is 15.3. The number of hydrogen-bond acceptors (Lipinski definition) is 5. The van der Waals surface area contributed by atoms with E-state index >= 15 is 0 Å². The van der Waals surface area contributed by atoms with Gasteiger partial charge in [0.25, 0.3) is 0 Å². The number of rotatable bonds is 3. The van der Waals surface area contributed by atoms with Crippen molar-refractivity contribution in [2.24, 2.45) is 0 Å². The number of thioether (sulfide) groups is 1. The standard InChI is InChI=1S/C11H12F3NOS.C8H7ClO2/c1-6-15-10-7(5-16-2)3-8(11(12,13)14)4-9(10)17-6;1-5-2-7(9)3-6(4-10)8(5)11/h3-4,6,15H,5H2,1-2H3;2-4,11H,1H3. The van der Waals surface area contributed by atoms with Gasteiger partial charge in [0.15, 0.2) is 6.29 Å². The first-order valence-electron chi connectivity index (χ1n) is 8.17. The minimum absolute atomic E-state index is 0.00407. The monoisotopic (exact) mass is 433 g/mol. The number of benzene rings is 2. The van der Waals surface area contributed by atoms with Crippen molar-refractivity contribution in [3.8, 4) is 5.75 Å². The van der Waals surface area contributed by atoms with Crippen molar-refractivity contribution >= 4 is 35.3 Å². The van der Waals surface area contributed by atoms with Crippen LogP contribution >= 0.6 is 23.4 Å². The molecule has 0 bridgehead atoms. The molecule has 0 spiro atoms. The van der Waals surface area contributed by atoms with E-state index in [2.05, 4.69) is 5.32 Å². The minimum Gasteiger partial charge on any atom is -0.507 e. The van der Waals surface area contributed by atoms with Crippen LogP contribution in [0.15, 0.2) is 29.2 Å². The Hall–Kier alpha value is -1.90. The molecule has 1 aliphatic heterocycles. The molecule has 0 fully saturated rings. The Labute approximate surface area is 170 Å². The predicted molar refractivity (Wildman–Crippen MR) is 104 cm³/mol. The molecule has 1 unspecified atom stereocenters. The Balaban J connectivity index is 0.000000221. The third kappa shape index (κ3) is 5.33. The number of aldehydes is 1. The van der Waals surface area contributed by atoms with Crippen molar-refractivity contribution in [3.05, 3.63) is 51.5 Å². The molecule has 0 saturated carbocycles. The molecule has 28 heavy (non-hydrogen) atoms. The second-order valence-corrected chi connectivity index (χ2v) is 7.94. The second-order valence-electron chi connectivity index (χ2n) is 6.12. The molecule has 152 valence electrons. The number of phenols is 1. The predicted octanol–water partition coefficient (Wildman–Crippen LogP) is 5.88. The second kappa shape index (κ2) is 9.07. The molecule has 0 aromatic heterocycles. The molecule has 4 nitrogen and oxygen atoms in total. The summed E-state index contributed by atoms with van der Waals surface area (Å²) in [5.41, 5.74) is 1.54. The lowest BCUT2D eigenvalue weighted by molar-refractivity contribution is -0.137. The highest BCUT2D eigenvalue weighted by molar-refractivity contribution is 8.00. The molecule has 1 atom stereocenters. The highest BCUT2D eigenvalue weighted by Crippen LogP contribution is 2.44. The summed E-state index contributed by atoms with van der Waals surface area (Å²) in [7, 11) is 1.47. The average Bonchev–Trinajstić information content (AvgIpc) is 2.98. The molecule has 0 saturated heterocycles. The fourth-order valence-electron chi connectivity index (χ4n) is 2.64. The van der Waals surface area contributed by atoms with Crippen molar-refractivity contribution < 1.29 is 27.8 Å². The summed E-state index contributed by atoms with van der Waals surface area (Å²) in [5, 5.41) is 12.9. The Bertz CT molecular complexity index is 874. The maximum Gasteiger partial charge on any atom is 0.416 e. The van der Waals surface area contributed by atoms with Crippen molar-refractivity contribution in [2.75, 3.05) is 12.4 Å². The number of phenolic OH excluding ortho intramolecular Hbond substituents is 1. The van der Waals surface area contributed by atoms with Gasteiger partial charge in [-0.05, 0) is 43.7 Å². The van der Waals surface area contributed by atoms with Crippen LogP contribution in [0.2, 0.25) is 5.02 Å². The molecule has 1 aliphatic rings. The first-order valence-corrected chi connectivity index (χ1v) is 9.43. The molecule has 0 radical (unpaired) electrons. The molecule has 0 amide bonds. The van der Waals surface area contributed by atoms with Crippen molar-refractivity contribution in [2.45, 2.75) is 36.9 Å². The average molecular weight is 434 g/mol. The topological polar surface area (TPSA) is 58.6 Å². The van der Waals surface area contributed by atoms with Crippen molar-refractivity contribution in [3.63, 3.8) is 0 Å². The van der Waals surface area contributed by atoms with Crippen LogP contribution in [0.1, 0.15) is 34.0 Å². The maximum atomic E-state index is 12.7. The maximum absolute atomic E-state index is 12.7. The first-order chi connectivity index (χ1) is 13.1. The number of nitrogens with one attached hydrogen (secondary N) is 1. The number of alkyl halides is 3. The number of carbonyl (C=O) groups excluding carboxylic acids is 1. The van der Waals surface area contributed by atoms with Crippen LogP contribution in [0, 0.1) is 6.92 Å². The number of aryl methyl sites for hydroxylation is 1. The van der Waals surface area contributed by atoms with Crippen LogP contribution in [0.3, 0.4) is 0 Å². The Kier molecular flexibility index (Phi) is 7.25. The van der Waals surface area contributed by atoms with Crippen LogP contribution in [-0.2, 0) is 17.5 Å². The molecule has 9 heteroatoms. The lowest BCUT2D eigenvalue weighted by atomic mass is 10.1. The number of methoxy groups -OCH3 is 1. The first kappa shape index (κ1) is 22.4. The molecule has 2 N–H and O–H groups in total. The van der Waals surface area contributed by atoms with E-state index in [0.29, 0.717) is 27.3 Å². The highest BCUT2D eigenvalue weighted by Gasteiger charge is 2.33. The molecular weight excluding hydrogens is 415 g/mol. The number of carbonyl (C=O) groups is 1. The molecule has 1 heterocycles. The van der Waals surface area contributed by atoms with E-state index in [-0.39, 0.29) is 23.3 Å². The van der Waals surface area contributed by atoms with Gasteiger partial charge in [-0.1, -0.05) is 23.4 Å². The van der Waals surface area contributed by atoms with Gasteiger partial charge in [0.2, 0.25) is 0 Å². The summed E-state index contributed by atoms with van der Waals surface area (Å²) >= 11 is 7.03. The summed E-state index contributed by atoms with van der Waals surface area (Å²) in [4.78, 5) is 11.0. The van der Waals surface area contributed by atoms with Gasteiger partial charge < -0.3 is 15.2 Å². The molecular formula is C19H19ClF3NO3S. The SMILES string of the molecule is COCc1cc(C(F)(F)F)cc2c1NC(C)S2.Cc1cc(Cl)cc(C=O)c1O. The summed E-state index contributed by atoms with van der Waals surface area (Å²) in [6.07, 6.45) is -3.74. The van der Waals surface area contributed by atoms with Crippen LogP contribution < -0.4 is 5.32 Å². The fraction of sp³-hybridized carbons (Fsp3) is 0.316. The smallest absolute Gasteiger partial charge is 0.416 e.